The Labute approximate surface area is 205 Å². The van der Waals surface area contributed by atoms with Crippen molar-refractivity contribution in [2.24, 2.45) is 0 Å². The Balaban J connectivity index is 1.19. The Kier molecular flexibility index (Phi) is 5.60. The molecule has 1 aromatic carbocycles. The van der Waals surface area contributed by atoms with Gasteiger partial charge in [-0.3, -0.25) is 0 Å². The fraction of sp³-hybridized carbons (Fsp3) is 0.464. The lowest BCUT2D eigenvalue weighted by Gasteiger charge is -2.40. The Morgan fingerprint density at radius 2 is 1.86 bits per heavy atom. The molecule has 2 bridgehead atoms. The molecule has 1 aliphatic carbocycles. The minimum atomic E-state index is -0.938. The molecule has 6 rings (SSSR count). The minimum Gasteiger partial charge on any atom is -0.478 e. The van der Waals surface area contributed by atoms with Crippen LogP contribution >= 0.6 is 0 Å². The van der Waals surface area contributed by atoms with E-state index in [4.69, 9.17) is 9.26 Å². The molecule has 3 aliphatic rings. The minimum absolute atomic E-state index is 0.175. The summed E-state index contributed by atoms with van der Waals surface area (Å²) in [6, 6.07) is 10.8. The number of piperidine rings is 1. The summed E-state index contributed by atoms with van der Waals surface area (Å²) in [4.78, 5) is 18.3. The highest BCUT2D eigenvalue weighted by Gasteiger charge is 2.43. The van der Waals surface area contributed by atoms with E-state index in [0.29, 0.717) is 24.6 Å². The quantitative estimate of drug-likeness (QED) is 0.475. The van der Waals surface area contributed by atoms with Crippen LogP contribution in [0.3, 0.4) is 0 Å². The lowest BCUT2D eigenvalue weighted by molar-refractivity contribution is 0.0145. The number of nitrogens with zero attached hydrogens (tertiary/aromatic N) is 3. The first-order valence-corrected chi connectivity index (χ1v) is 12.6. The largest absolute Gasteiger partial charge is 0.478 e. The molecule has 1 N–H and O–H groups in total. The van der Waals surface area contributed by atoms with E-state index in [1.807, 2.05) is 19.1 Å². The molecule has 2 aromatic heterocycles. The number of hydrogen-bond donors (Lipinski definition) is 1. The maximum absolute atomic E-state index is 11.3. The van der Waals surface area contributed by atoms with Crippen molar-refractivity contribution in [2.75, 3.05) is 4.90 Å². The molecule has 0 amide bonds. The van der Waals surface area contributed by atoms with Crippen LogP contribution in [-0.4, -0.2) is 39.4 Å². The summed E-state index contributed by atoms with van der Waals surface area (Å²) in [5.41, 5.74) is 5.49. The summed E-state index contributed by atoms with van der Waals surface area (Å²) in [6.45, 7) is 4.58. The van der Waals surface area contributed by atoms with Crippen LogP contribution in [-0.2, 0) is 11.3 Å². The van der Waals surface area contributed by atoms with Gasteiger partial charge >= 0.3 is 5.97 Å². The number of hydrogen-bond acceptors (Lipinski definition) is 6. The van der Waals surface area contributed by atoms with E-state index in [2.05, 4.69) is 34.1 Å². The summed E-state index contributed by atoms with van der Waals surface area (Å²) >= 11 is 0. The molecule has 0 spiro atoms. The summed E-state index contributed by atoms with van der Waals surface area (Å²) < 4.78 is 12.4. The van der Waals surface area contributed by atoms with E-state index in [9.17, 15) is 9.90 Å². The Morgan fingerprint density at radius 3 is 2.51 bits per heavy atom. The summed E-state index contributed by atoms with van der Waals surface area (Å²) in [7, 11) is 0. The van der Waals surface area contributed by atoms with Crippen LogP contribution in [0.25, 0.3) is 11.3 Å². The van der Waals surface area contributed by atoms with Crippen LogP contribution in [0.4, 0.5) is 5.82 Å². The summed E-state index contributed by atoms with van der Waals surface area (Å²) in [6.07, 6.45) is 8.09. The number of aromatic nitrogens is 2. The molecular formula is C28H31N3O4. The van der Waals surface area contributed by atoms with Crippen molar-refractivity contribution >= 4 is 11.8 Å². The zero-order valence-corrected chi connectivity index (χ0v) is 20.2. The molecule has 7 nitrogen and oxygen atoms in total. The predicted octanol–water partition coefficient (Wildman–Crippen LogP) is 5.65. The number of ether oxygens (including phenoxy) is 1. The van der Waals surface area contributed by atoms with E-state index in [-0.39, 0.29) is 11.7 Å². The molecule has 182 valence electrons. The average Bonchev–Trinajstić information content (AvgIpc) is 3.55. The highest BCUT2D eigenvalue weighted by molar-refractivity contribution is 5.87. The highest BCUT2D eigenvalue weighted by atomic mass is 16.5. The maximum atomic E-state index is 11.3. The number of benzene rings is 1. The first kappa shape index (κ1) is 22.3. The fourth-order valence-electron chi connectivity index (χ4n) is 5.94. The van der Waals surface area contributed by atoms with Crippen molar-refractivity contribution in [1.82, 2.24) is 10.1 Å². The van der Waals surface area contributed by atoms with Gasteiger partial charge < -0.3 is 19.3 Å². The molecule has 1 saturated carbocycles. The van der Waals surface area contributed by atoms with Crippen molar-refractivity contribution < 1.29 is 19.2 Å². The first-order valence-electron chi connectivity index (χ1n) is 12.6. The van der Waals surface area contributed by atoms with Crippen molar-refractivity contribution in [3.05, 3.63) is 64.5 Å². The third kappa shape index (κ3) is 4.12. The van der Waals surface area contributed by atoms with Gasteiger partial charge in [0.05, 0.1) is 18.3 Å². The van der Waals surface area contributed by atoms with Gasteiger partial charge in [0, 0.05) is 35.3 Å². The van der Waals surface area contributed by atoms with Gasteiger partial charge in [-0.1, -0.05) is 29.4 Å². The van der Waals surface area contributed by atoms with E-state index >= 15 is 0 Å². The second-order valence-electron chi connectivity index (χ2n) is 10.3. The number of carboxylic acids is 1. The number of carboxylic acid groups (broad SMARTS) is 1. The molecule has 7 heteroatoms. The molecule has 4 heterocycles. The first-order chi connectivity index (χ1) is 17.0. The molecule has 35 heavy (non-hydrogen) atoms. The van der Waals surface area contributed by atoms with Crippen molar-refractivity contribution in [3.63, 3.8) is 0 Å². The number of fused-ring (bicyclic) bond motifs is 2. The van der Waals surface area contributed by atoms with Crippen molar-refractivity contribution in [2.45, 2.75) is 83.1 Å². The molecule has 3 aromatic rings. The van der Waals surface area contributed by atoms with Crippen LogP contribution in [0.1, 0.15) is 77.3 Å². The smallest absolute Gasteiger partial charge is 0.337 e. The molecule has 2 unspecified atom stereocenters. The average molecular weight is 474 g/mol. The zero-order valence-electron chi connectivity index (χ0n) is 20.2. The van der Waals surface area contributed by atoms with Crippen molar-refractivity contribution in [3.8, 4) is 11.3 Å². The SMILES string of the molecule is Cc1ccccc1-c1noc(C2CC2)c1COC1CC2CC[C@@H](C1)N2c1ncc(C(=O)O)cc1C. The van der Waals surface area contributed by atoms with Crippen LogP contribution in [0.15, 0.2) is 41.1 Å². The number of anilines is 1. The van der Waals surface area contributed by atoms with Gasteiger partial charge in [0.25, 0.3) is 0 Å². The highest BCUT2D eigenvalue weighted by Crippen LogP contribution is 2.45. The van der Waals surface area contributed by atoms with E-state index in [1.54, 1.807) is 6.07 Å². The third-order valence-electron chi connectivity index (χ3n) is 7.86. The van der Waals surface area contributed by atoms with Crippen molar-refractivity contribution in [1.29, 1.82) is 0 Å². The second-order valence-corrected chi connectivity index (χ2v) is 10.3. The molecule has 2 aliphatic heterocycles. The van der Waals surface area contributed by atoms with Gasteiger partial charge in [-0.05, 0) is 69.6 Å². The van der Waals surface area contributed by atoms with Crippen LogP contribution in [0.2, 0.25) is 0 Å². The van der Waals surface area contributed by atoms with Crippen LogP contribution < -0.4 is 4.90 Å². The van der Waals surface area contributed by atoms with E-state index < -0.39 is 5.97 Å². The second kappa shape index (κ2) is 8.79. The van der Waals surface area contributed by atoms with Gasteiger partial charge in [0.15, 0.2) is 0 Å². The number of aromatic carboxylic acids is 1. The lowest BCUT2D eigenvalue weighted by Crippen LogP contribution is -2.46. The number of aryl methyl sites for hydroxylation is 2. The van der Waals surface area contributed by atoms with E-state index in [1.165, 1.54) is 11.8 Å². The molecule has 0 radical (unpaired) electrons. The number of rotatable bonds is 7. The maximum Gasteiger partial charge on any atom is 0.337 e. The zero-order chi connectivity index (χ0) is 24.1. The fourth-order valence-corrected chi connectivity index (χ4v) is 5.94. The van der Waals surface area contributed by atoms with Gasteiger partial charge in [0.1, 0.15) is 17.3 Å². The monoisotopic (exact) mass is 473 g/mol. The number of carbonyl (C=O) groups is 1. The lowest BCUT2D eigenvalue weighted by atomic mass is 9.98. The Bertz CT molecular complexity index is 1250. The predicted molar refractivity (Wildman–Crippen MR) is 132 cm³/mol. The summed E-state index contributed by atoms with van der Waals surface area (Å²) in [5, 5.41) is 13.8. The standard InChI is InChI=1S/C28H31N3O4/c1-16-5-3-4-6-23(16)25-24(26(35-30-25)18-7-8-18)15-34-22-12-20-9-10-21(13-22)31(20)27-17(2)11-19(14-29-27)28(32)33/h3-6,11,14,18,20-22H,7-10,12-13,15H2,1-2H3,(H,32,33)/t20-,21?,22?/m0/s1. The van der Waals surface area contributed by atoms with Gasteiger partial charge in [-0.2, -0.15) is 0 Å². The third-order valence-corrected chi connectivity index (χ3v) is 7.86. The Morgan fingerprint density at radius 1 is 1.11 bits per heavy atom. The van der Waals surface area contributed by atoms with Crippen LogP contribution in [0.5, 0.6) is 0 Å². The molecule has 3 fully saturated rings. The summed E-state index contributed by atoms with van der Waals surface area (Å²) in [5.74, 6) is 1.45. The number of pyridine rings is 1. The van der Waals surface area contributed by atoms with Crippen LogP contribution in [0, 0.1) is 13.8 Å². The topological polar surface area (TPSA) is 88.7 Å². The van der Waals surface area contributed by atoms with Gasteiger partial charge in [0.2, 0.25) is 0 Å². The molecule has 2 saturated heterocycles. The van der Waals surface area contributed by atoms with Gasteiger partial charge in [-0.25, -0.2) is 9.78 Å². The molecule has 3 atom stereocenters. The molecular weight excluding hydrogens is 442 g/mol. The Hall–Kier alpha value is -3.19. The van der Waals surface area contributed by atoms with Gasteiger partial charge in [-0.15, -0.1) is 0 Å². The van der Waals surface area contributed by atoms with E-state index in [0.717, 1.165) is 72.5 Å². The normalized spacial score (nSPS) is 23.6.